The third-order valence-electron chi connectivity index (χ3n) is 3.85. The molecule has 0 aliphatic carbocycles. The molecular formula is C17H21FN2O3. The van der Waals surface area contributed by atoms with E-state index in [1.54, 1.807) is 6.92 Å². The molecule has 1 heterocycles. The summed E-state index contributed by atoms with van der Waals surface area (Å²) in [6, 6.07) is 2.43. The summed E-state index contributed by atoms with van der Waals surface area (Å²) in [4.78, 5) is 27.4. The molecular weight excluding hydrogens is 299 g/mol. The Morgan fingerprint density at radius 3 is 2.65 bits per heavy atom. The Morgan fingerprint density at radius 2 is 2.04 bits per heavy atom. The number of halogens is 1. The number of amides is 1. The Kier molecular flexibility index (Phi) is 4.56. The molecule has 0 aliphatic heterocycles. The smallest absolute Gasteiger partial charge is 0.256 e. The maximum Gasteiger partial charge on any atom is 0.256 e. The second kappa shape index (κ2) is 6.12. The minimum atomic E-state index is -0.745. The maximum atomic E-state index is 13.5. The molecule has 1 atom stereocenters. The van der Waals surface area contributed by atoms with E-state index in [1.165, 1.54) is 12.3 Å². The van der Waals surface area contributed by atoms with E-state index in [2.05, 4.69) is 10.3 Å². The second-order valence-corrected chi connectivity index (χ2v) is 6.77. The Bertz CT molecular complexity index is 806. The lowest BCUT2D eigenvalue weighted by molar-refractivity contribution is 0.0586. The van der Waals surface area contributed by atoms with Crippen LogP contribution in [-0.2, 0) is 0 Å². The summed E-state index contributed by atoms with van der Waals surface area (Å²) in [6.07, 6.45) is 0.569. The molecule has 0 spiro atoms. The fourth-order valence-electron chi connectivity index (χ4n) is 2.23. The summed E-state index contributed by atoms with van der Waals surface area (Å²) >= 11 is 0. The van der Waals surface area contributed by atoms with Crippen LogP contribution in [0.5, 0.6) is 0 Å². The molecule has 5 nitrogen and oxygen atoms in total. The van der Waals surface area contributed by atoms with Crippen molar-refractivity contribution in [2.24, 2.45) is 5.41 Å². The number of carbonyl (C=O) groups excluding carboxylic acids is 1. The van der Waals surface area contributed by atoms with Gasteiger partial charge in [0, 0.05) is 18.1 Å². The Morgan fingerprint density at radius 1 is 1.39 bits per heavy atom. The lowest BCUT2D eigenvalue weighted by Crippen LogP contribution is -2.40. The normalized spacial score (nSPS) is 13.1. The van der Waals surface area contributed by atoms with Crippen molar-refractivity contribution in [3.05, 3.63) is 45.5 Å². The van der Waals surface area contributed by atoms with Gasteiger partial charge in [-0.05, 0) is 30.0 Å². The Balaban J connectivity index is 2.32. The highest BCUT2D eigenvalue weighted by molar-refractivity contribution is 5.97. The highest BCUT2D eigenvalue weighted by Crippen LogP contribution is 2.18. The zero-order valence-electron chi connectivity index (χ0n) is 13.7. The zero-order valence-corrected chi connectivity index (χ0v) is 13.7. The fourth-order valence-corrected chi connectivity index (χ4v) is 2.23. The summed E-state index contributed by atoms with van der Waals surface area (Å²) in [7, 11) is 0. The molecule has 124 valence electrons. The number of pyridine rings is 1. The topological polar surface area (TPSA) is 82.2 Å². The number of hydrogen-bond donors (Lipinski definition) is 3. The average molecular weight is 320 g/mol. The summed E-state index contributed by atoms with van der Waals surface area (Å²) in [5.74, 6) is -1.13. The molecule has 0 aliphatic rings. The third-order valence-corrected chi connectivity index (χ3v) is 3.85. The average Bonchev–Trinajstić information content (AvgIpc) is 2.44. The van der Waals surface area contributed by atoms with Crippen molar-refractivity contribution >= 4 is 16.8 Å². The van der Waals surface area contributed by atoms with Gasteiger partial charge in [-0.1, -0.05) is 20.8 Å². The van der Waals surface area contributed by atoms with Crippen molar-refractivity contribution in [1.29, 1.82) is 0 Å². The monoisotopic (exact) mass is 320 g/mol. The first-order valence-corrected chi connectivity index (χ1v) is 7.39. The molecule has 1 aromatic heterocycles. The number of rotatable bonds is 3. The first-order chi connectivity index (χ1) is 10.6. The molecule has 23 heavy (non-hydrogen) atoms. The van der Waals surface area contributed by atoms with Crippen molar-refractivity contribution < 1.29 is 14.3 Å². The van der Waals surface area contributed by atoms with E-state index in [9.17, 15) is 19.1 Å². The predicted octanol–water partition coefficient (Wildman–Crippen LogP) is 2.11. The molecule has 2 rings (SSSR count). The van der Waals surface area contributed by atoms with Gasteiger partial charge in [-0.2, -0.15) is 0 Å². The van der Waals surface area contributed by atoms with Gasteiger partial charge in [0.05, 0.1) is 11.6 Å². The molecule has 6 heteroatoms. The predicted molar refractivity (Wildman–Crippen MR) is 87.1 cm³/mol. The number of fused-ring (bicyclic) bond motifs is 1. The minimum absolute atomic E-state index is 0.0298. The molecule has 2 aromatic rings. The molecule has 0 bridgehead atoms. The van der Waals surface area contributed by atoms with Crippen LogP contribution in [0.15, 0.2) is 23.1 Å². The zero-order chi connectivity index (χ0) is 17.4. The van der Waals surface area contributed by atoms with Gasteiger partial charge in [0.2, 0.25) is 5.43 Å². The first-order valence-electron chi connectivity index (χ1n) is 7.39. The van der Waals surface area contributed by atoms with E-state index >= 15 is 0 Å². The fraction of sp³-hybridized carbons (Fsp3) is 0.412. The molecule has 0 saturated heterocycles. The summed E-state index contributed by atoms with van der Waals surface area (Å²) < 4.78 is 13.5. The Hall–Kier alpha value is -2.21. The van der Waals surface area contributed by atoms with Gasteiger partial charge in [-0.3, -0.25) is 9.59 Å². The summed E-state index contributed by atoms with van der Waals surface area (Å²) in [5.41, 5.74) is 0.0613. The van der Waals surface area contributed by atoms with Crippen molar-refractivity contribution in [2.45, 2.75) is 33.8 Å². The quantitative estimate of drug-likeness (QED) is 0.810. The number of aromatic amines is 1. The molecule has 1 amide bonds. The van der Waals surface area contributed by atoms with Crippen molar-refractivity contribution in [2.75, 3.05) is 6.54 Å². The van der Waals surface area contributed by atoms with E-state index in [4.69, 9.17) is 0 Å². The van der Waals surface area contributed by atoms with E-state index < -0.39 is 23.3 Å². The lowest BCUT2D eigenvalue weighted by atomic mass is 9.89. The van der Waals surface area contributed by atoms with Crippen LogP contribution in [0.1, 0.15) is 36.7 Å². The van der Waals surface area contributed by atoms with Crippen LogP contribution in [0.4, 0.5) is 4.39 Å². The lowest BCUT2D eigenvalue weighted by Gasteiger charge is -2.25. The number of carbonyl (C=O) groups is 1. The van der Waals surface area contributed by atoms with Gasteiger partial charge in [0.1, 0.15) is 11.4 Å². The molecule has 0 fully saturated rings. The number of H-pyrrole nitrogens is 1. The molecule has 1 aromatic carbocycles. The van der Waals surface area contributed by atoms with Gasteiger partial charge in [-0.15, -0.1) is 0 Å². The number of aryl methyl sites for hydroxylation is 1. The number of aromatic nitrogens is 1. The molecule has 0 radical (unpaired) electrons. The number of aliphatic hydroxyl groups excluding tert-OH is 1. The van der Waals surface area contributed by atoms with E-state index in [0.717, 1.165) is 6.07 Å². The number of aliphatic hydroxyl groups is 1. The van der Waals surface area contributed by atoms with E-state index in [1.807, 2.05) is 20.8 Å². The summed E-state index contributed by atoms with van der Waals surface area (Å²) in [6.45, 7) is 7.25. The standard InChI is InChI=1S/C17H21FN2O3/c1-9-5-10(18)6-11-14(9)19-7-12(15(11)22)16(23)20-8-13(21)17(2,3)4/h5-7,13,21H,8H2,1-4H3,(H,19,22)(H,20,23). The van der Waals surface area contributed by atoms with Crippen LogP contribution in [0.2, 0.25) is 0 Å². The van der Waals surface area contributed by atoms with Crippen molar-refractivity contribution in [3.8, 4) is 0 Å². The van der Waals surface area contributed by atoms with Crippen molar-refractivity contribution in [1.82, 2.24) is 10.3 Å². The largest absolute Gasteiger partial charge is 0.391 e. The molecule has 1 unspecified atom stereocenters. The van der Waals surface area contributed by atoms with Crippen LogP contribution in [-0.4, -0.2) is 28.6 Å². The van der Waals surface area contributed by atoms with Crippen LogP contribution >= 0.6 is 0 Å². The summed E-state index contributed by atoms with van der Waals surface area (Å²) in [5, 5.41) is 12.6. The maximum absolute atomic E-state index is 13.5. The van der Waals surface area contributed by atoms with Crippen LogP contribution < -0.4 is 10.7 Å². The number of hydrogen-bond acceptors (Lipinski definition) is 3. The van der Waals surface area contributed by atoms with Crippen LogP contribution in [0.3, 0.4) is 0 Å². The van der Waals surface area contributed by atoms with Gasteiger partial charge in [-0.25, -0.2) is 4.39 Å². The molecule has 3 N–H and O–H groups in total. The van der Waals surface area contributed by atoms with E-state index in [-0.39, 0.29) is 22.9 Å². The Labute approximate surface area is 133 Å². The number of benzene rings is 1. The first kappa shape index (κ1) is 17.1. The van der Waals surface area contributed by atoms with Crippen LogP contribution in [0, 0.1) is 18.2 Å². The third kappa shape index (κ3) is 3.59. The van der Waals surface area contributed by atoms with E-state index in [0.29, 0.717) is 11.1 Å². The van der Waals surface area contributed by atoms with Gasteiger partial charge in [0.15, 0.2) is 0 Å². The highest BCUT2D eigenvalue weighted by Gasteiger charge is 2.23. The van der Waals surface area contributed by atoms with Gasteiger partial charge < -0.3 is 15.4 Å². The SMILES string of the molecule is Cc1cc(F)cc2c(=O)c(C(=O)NCC(O)C(C)(C)C)c[nH]c12. The van der Waals surface area contributed by atoms with Crippen LogP contribution in [0.25, 0.3) is 10.9 Å². The van der Waals surface area contributed by atoms with Crippen molar-refractivity contribution in [3.63, 3.8) is 0 Å². The number of nitrogens with one attached hydrogen (secondary N) is 2. The minimum Gasteiger partial charge on any atom is -0.391 e. The van der Waals surface area contributed by atoms with Gasteiger partial charge in [0.25, 0.3) is 5.91 Å². The van der Waals surface area contributed by atoms with Gasteiger partial charge >= 0.3 is 0 Å². The molecule has 0 saturated carbocycles. The highest BCUT2D eigenvalue weighted by atomic mass is 19.1. The second-order valence-electron chi connectivity index (χ2n) is 6.77.